The number of carbonyl (C=O) groups is 2. The Bertz CT molecular complexity index is 1150. The molecular weight excluding hydrogens is 410 g/mol. The number of hydrogen-bond donors (Lipinski definition) is 2. The molecule has 32 heavy (non-hydrogen) atoms. The van der Waals surface area contributed by atoms with Crippen molar-refractivity contribution in [2.75, 3.05) is 24.6 Å². The van der Waals surface area contributed by atoms with E-state index in [1.165, 1.54) is 0 Å². The number of H-pyrrole nitrogens is 1. The number of fused-ring (bicyclic) bond motifs is 1. The first-order valence-corrected chi connectivity index (χ1v) is 10.9. The summed E-state index contributed by atoms with van der Waals surface area (Å²) in [6.45, 7) is 8.33. The number of rotatable bonds is 6. The number of nitrogens with one attached hydrogen (secondary N) is 2. The van der Waals surface area contributed by atoms with E-state index in [-0.39, 0.29) is 11.3 Å². The number of aromatic nitrogens is 1. The topological polar surface area (TPSA) is 101 Å². The number of pyridine rings is 1. The Kier molecular flexibility index (Phi) is 5.78. The second kappa shape index (κ2) is 8.53. The number of carbonyl (C=O) groups excluding carboxylic acids is 2. The van der Waals surface area contributed by atoms with Crippen molar-refractivity contribution in [1.29, 1.82) is 0 Å². The molecule has 2 N–H and O–H groups in total. The second-order valence-corrected chi connectivity index (χ2v) is 7.94. The van der Waals surface area contributed by atoms with Gasteiger partial charge in [0, 0.05) is 28.8 Å². The second-order valence-electron chi connectivity index (χ2n) is 7.94. The van der Waals surface area contributed by atoms with Gasteiger partial charge in [0.25, 0.3) is 11.5 Å². The summed E-state index contributed by atoms with van der Waals surface area (Å²) in [5.41, 5.74) is 2.13. The molecule has 2 aliphatic rings. The lowest BCUT2D eigenvalue weighted by Crippen LogP contribution is -2.32. The van der Waals surface area contributed by atoms with Crippen LogP contribution in [-0.2, 0) is 14.9 Å². The SMILES string of the molecule is CCN1CCOc2ccc(-c3ccc(C(C=C4OC(=O)NC4=O)(CC)CC)c(=O)[nH]3)cc21. The van der Waals surface area contributed by atoms with E-state index in [0.717, 1.165) is 30.1 Å². The quantitative estimate of drug-likeness (QED) is 0.671. The maximum atomic E-state index is 13.2. The number of alkyl carbamates (subject to hydrolysis) is 1. The van der Waals surface area contributed by atoms with Crippen molar-refractivity contribution < 1.29 is 19.1 Å². The summed E-state index contributed by atoms with van der Waals surface area (Å²) in [6, 6.07) is 9.55. The van der Waals surface area contributed by atoms with Gasteiger partial charge in [0.1, 0.15) is 12.4 Å². The Hall–Kier alpha value is -3.55. The van der Waals surface area contributed by atoms with Gasteiger partial charge >= 0.3 is 6.09 Å². The molecule has 1 aromatic carbocycles. The number of anilines is 1. The van der Waals surface area contributed by atoms with Gasteiger partial charge in [-0.15, -0.1) is 0 Å². The number of likely N-dealkylation sites (N-methyl/N-ethyl adjacent to an activating group) is 1. The molecule has 8 heteroatoms. The Morgan fingerprint density at radius 1 is 1.09 bits per heavy atom. The molecule has 0 spiro atoms. The van der Waals surface area contributed by atoms with E-state index in [0.29, 0.717) is 30.7 Å². The van der Waals surface area contributed by atoms with E-state index in [2.05, 4.69) is 22.1 Å². The zero-order valence-electron chi connectivity index (χ0n) is 18.5. The van der Waals surface area contributed by atoms with Crippen molar-refractivity contribution in [2.45, 2.75) is 39.0 Å². The highest BCUT2D eigenvalue weighted by molar-refractivity contribution is 6.07. The number of imide groups is 1. The molecule has 0 unspecified atom stereocenters. The number of amides is 2. The first-order valence-electron chi connectivity index (χ1n) is 10.9. The third-order valence-electron chi connectivity index (χ3n) is 6.37. The average Bonchev–Trinajstić information content (AvgIpc) is 3.13. The Labute approximate surface area is 186 Å². The third kappa shape index (κ3) is 3.77. The summed E-state index contributed by atoms with van der Waals surface area (Å²) in [6.07, 6.45) is 1.90. The summed E-state index contributed by atoms with van der Waals surface area (Å²) in [5.74, 6) is 0.176. The van der Waals surface area contributed by atoms with Crippen molar-refractivity contribution >= 4 is 17.7 Å². The smallest absolute Gasteiger partial charge is 0.419 e. The zero-order chi connectivity index (χ0) is 22.9. The van der Waals surface area contributed by atoms with Crippen LogP contribution in [0.5, 0.6) is 5.75 Å². The molecule has 2 aromatic rings. The molecule has 0 saturated carbocycles. The van der Waals surface area contributed by atoms with Gasteiger partial charge in [0.2, 0.25) is 0 Å². The number of cyclic esters (lactones) is 1. The van der Waals surface area contributed by atoms with Crippen LogP contribution < -0.4 is 20.5 Å². The summed E-state index contributed by atoms with van der Waals surface area (Å²) < 4.78 is 10.7. The molecule has 1 fully saturated rings. The zero-order valence-corrected chi connectivity index (χ0v) is 18.5. The summed E-state index contributed by atoms with van der Waals surface area (Å²) in [5, 5.41) is 2.10. The monoisotopic (exact) mass is 437 g/mol. The molecule has 1 aromatic heterocycles. The van der Waals surface area contributed by atoms with Crippen molar-refractivity contribution in [3.8, 4) is 17.0 Å². The van der Waals surface area contributed by atoms with Crippen molar-refractivity contribution in [1.82, 2.24) is 10.3 Å². The lowest BCUT2D eigenvalue weighted by Gasteiger charge is -2.30. The first kappa shape index (κ1) is 21.7. The maximum Gasteiger partial charge on any atom is 0.419 e. The fourth-order valence-corrected chi connectivity index (χ4v) is 4.39. The largest absolute Gasteiger partial charge is 0.490 e. The lowest BCUT2D eigenvalue weighted by molar-refractivity contribution is -0.116. The predicted octanol–water partition coefficient (Wildman–Crippen LogP) is 3.47. The average molecular weight is 437 g/mol. The van der Waals surface area contributed by atoms with Gasteiger partial charge in [-0.1, -0.05) is 19.9 Å². The number of ether oxygens (including phenoxy) is 2. The van der Waals surface area contributed by atoms with Gasteiger partial charge in [-0.25, -0.2) is 4.79 Å². The van der Waals surface area contributed by atoms with Crippen molar-refractivity contribution in [3.05, 3.63) is 58.1 Å². The summed E-state index contributed by atoms with van der Waals surface area (Å²) in [7, 11) is 0. The lowest BCUT2D eigenvalue weighted by atomic mass is 9.75. The van der Waals surface area contributed by atoms with E-state index in [1.807, 2.05) is 38.1 Å². The molecule has 0 bridgehead atoms. The molecule has 3 heterocycles. The van der Waals surface area contributed by atoms with Gasteiger partial charge in [-0.2, -0.15) is 0 Å². The van der Waals surface area contributed by atoms with E-state index in [9.17, 15) is 14.4 Å². The number of allylic oxidation sites excluding steroid dienone is 1. The van der Waals surface area contributed by atoms with Crippen molar-refractivity contribution in [3.63, 3.8) is 0 Å². The van der Waals surface area contributed by atoms with Gasteiger partial charge in [-0.3, -0.25) is 14.9 Å². The minimum atomic E-state index is -0.802. The highest BCUT2D eigenvalue weighted by atomic mass is 16.6. The van der Waals surface area contributed by atoms with E-state index < -0.39 is 17.4 Å². The summed E-state index contributed by atoms with van der Waals surface area (Å²) in [4.78, 5) is 41.8. The van der Waals surface area contributed by atoms with Crippen LogP contribution in [0.3, 0.4) is 0 Å². The molecule has 0 atom stereocenters. The minimum Gasteiger partial charge on any atom is -0.490 e. The van der Waals surface area contributed by atoms with E-state index in [1.54, 1.807) is 12.1 Å². The predicted molar refractivity (Wildman–Crippen MR) is 121 cm³/mol. The van der Waals surface area contributed by atoms with Gasteiger partial charge < -0.3 is 19.4 Å². The fraction of sp³-hybridized carbons (Fsp3) is 0.375. The standard InChI is InChI=1S/C24H27N3O5/c1-4-24(5-2,14-20-22(29)26-23(30)32-20)16-8-9-17(25-21(16)28)15-7-10-19-18(13-15)27(6-3)11-12-31-19/h7-10,13-14H,4-6,11-12H2,1-3H3,(H,25,28)(H,26,29,30). The van der Waals surface area contributed by atoms with E-state index >= 15 is 0 Å². The number of benzene rings is 1. The molecule has 1 saturated heterocycles. The normalized spacial score (nSPS) is 17.1. The van der Waals surface area contributed by atoms with Gasteiger partial charge in [-0.05, 0) is 50.1 Å². The van der Waals surface area contributed by atoms with Crippen molar-refractivity contribution in [2.24, 2.45) is 0 Å². The van der Waals surface area contributed by atoms with Crippen LogP contribution in [-0.4, -0.2) is 36.7 Å². The Morgan fingerprint density at radius 2 is 1.88 bits per heavy atom. The van der Waals surface area contributed by atoms with Crippen LogP contribution in [0, 0.1) is 0 Å². The van der Waals surface area contributed by atoms with Crippen LogP contribution in [0.1, 0.15) is 39.2 Å². The van der Waals surface area contributed by atoms with Crippen LogP contribution in [0.2, 0.25) is 0 Å². The molecule has 168 valence electrons. The highest BCUT2D eigenvalue weighted by Crippen LogP contribution is 2.36. The fourth-order valence-electron chi connectivity index (χ4n) is 4.39. The maximum absolute atomic E-state index is 13.2. The molecule has 2 aliphatic heterocycles. The molecule has 4 rings (SSSR count). The van der Waals surface area contributed by atoms with Crippen LogP contribution in [0.25, 0.3) is 11.3 Å². The Balaban J connectivity index is 1.73. The van der Waals surface area contributed by atoms with Crippen LogP contribution in [0.4, 0.5) is 10.5 Å². The molecular formula is C24H27N3O5. The molecule has 2 amide bonds. The Morgan fingerprint density at radius 3 is 2.50 bits per heavy atom. The van der Waals surface area contributed by atoms with E-state index in [4.69, 9.17) is 9.47 Å². The highest BCUT2D eigenvalue weighted by Gasteiger charge is 2.35. The number of nitrogens with zero attached hydrogens (tertiary/aromatic N) is 1. The van der Waals surface area contributed by atoms with Crippen LogP contribution in [0.15, 0.2) is 47.0 Å². The third-order valence-corrected chi connectivity index (χ3v) is 6.37. The van der Waals surface area contributed by atoms with Gasteiger partial charge in [0.15, 0.2) is 5.76 Å². The minimum absolute atomic E-state index is 0.0727. The number of aromatic amines is 1. The molecule has 8 nitrogen and oxygen atoms in total. The summed E-state index contributed by atoms with van der Waals surface area (Å²) >= 11 is 0. The number of hydrogen-bond acceptors (Lipinski definition) is 6. The van der Waals surface area contributed by atoms with Crippen LogP contribution >= 0.6 is 0 Å². The van der Waals surface area contributed by atoms with Gasteiger partial charge in [0.05, 0.1) is 12.2 Å². The first-order chi connectivity index (χ1) is 15.4. The molecule has 0 radical (unpaired) electrons. The molecule has 0 aliphatic carbocycles.